The minimum atomic E-state index is -0.979. The van der Waals surface area contributed by atoms with Crippen LogP contribution in [0.2, 0.25) is 0 Å². The Morgan fingerprint density at radius 1 is 1.30 bits per heavy atom. The third-order valence-corrected chi connectivity index (χ3v) is 5.06. The average Bonchev–Trinajstić information content (AvgIpc) is 2.94. The monoisotopic (exact) mass is 317 g/mol. The first-order valence-corrected chi connectivity index (χ1v) is 8.28. The smallest absolute Gasteiger partial charge is 0.335 e. The van der Waals surface area contributed by atoms with Crippen molar-refractivity contribution >= 4 is 11.9 Å². The molecule has 2 N–H and O–H groups in total. The summed E-state index contributed by atoms with van der Waals surface area (Å²) in [5.74, 6) is -1.10. The molecule has 124 valence electrons. The molecule has 0 bridgehead atoms. The first-order chi connectivity index (χ1) is 11.0. The van der Waals surface area contributed by atoms with E-state index in [1.54, 1.807) is 19.1 Å². The molecule has 1 spiro atoms. The van der Waals surface area contributed by atoms with Gasteiger partial charge in [-0.2, -0.15) is 0 Å². The zero-order valence-corrected chi connectivity index (χ0v) is 13.4. The molecule has 1 saturated carbocycles. The highest BCUT2D eigenvalue weighted by Crippen LogP contribution is 2.40. The van der Waals surface area contributed by atoms with Crippen molar-refractivity contribution in [1.82, 2.24) is 5.32 Å². The van der Waals surface area contributed by atoms with E-state index in [0.29, 0.717) is 17.7 Å². The Labute approximate surface area is 136 Å². The lowest BCUT2D eigenvalue weighted by atomic mass is 9.88. The molecule has 2 aliphatic rings. The maximum absolute atomic E-state index is 12.5. The quantitative estimate of drug-likeness (QED) is 0.899. The summed E-state index contributed by atoms with van der Waals surface area (Å²) in [6.45, 7) is 2.46. The van der Waals surface area contributed by atoms with Gasteiger partial charge in [-0.1, -0.05) is 12.8 Å². The van der Waals surface area contributed by atoms with Crippen molar-refractivity contribution in [1.29, 1.82) is 0 Å². The van der Waals surface area contributed by atoms with E-state index < -0.39 is 5.97 Å². The van der Waals surface area contributed by atoms with Gasteiger partial charge in [0.1, 0.15) is 0 Å². The van der Waals surface area contributed by atoms with Gasteiger partial charge in [0.05, 0.1) is 11.2 Å². The zero-order valence-electron chi connectivity index (χ0n) is 13.4. The molecule has 1 aliphatic carbocycles. The predicted molar refractivity (Wildman–Crippen MR) is 85.8 cm³/mol. The number of carboxylic acid groups (broad SMARTS) is 1. The molecule has 0 aromatic heterocycles. The van der Waals surface area contributed by atoms with Gasteiger partial charge in [0.15, 0.2) is 0 Å². The van der Waals surface area contributed by atoms with Crippen LogP contribution in [0.15, 0.2) is 18.2 Å². The molecule has 1 amide bonds. The summed E-state index contributed by atoms with van der Waals surface area (Å²) >= 11 is 0. The lowest BCUT2D eigenvalue weighted by Crippen LogP contribution is -2.47. The van der Waals surface area contributed by atoms with E-state index in [9.17, 15) is 9.59 Å². The average molecular weight is 317 g/mol. The number of nitrogens with one attached hydrogen (secondary N) is 1. The van der Waals surface area contributed by atoms with Crippen LogP contribution in [0.25, 0.3) is 0 Å². The summed E-state index contributed by atoms with van der Waals surface area (Å²) in [6.07, 6.45) is 6.30. The number of rotatable bonds is 3. The zero-order chi connectivity index (χ0) is 16.4. The second-order valence-electron chi connectivity index (χ2n) is 6.74. The first-order valence-electron chi connectivity index (χ1n) is 8.28. The molecule has 1 aromatic rings. The SMILES string of the molecule is Cc1cc(C(=O)O)ccc1C(=O)NC1CCOC2(CCCC2)C1. The van der Waals surface area contributed by atoms with Crippen molar-refractivity contribution < 1.29 is 19.4 Å². The second-order valence-corrected chi connectivity index (χ2v) is 6.74. The summed E-state index contributed by atoms with van der Waals surface area (Å²) in [5.41, 5.74) is 1.40. The minimum absolute atomic E-state index is 0.0294. The van der Waals surface area contributed by atoms with E-state index in [2.05, 4.69) is 5.32 Å². The molecule has 1 aliphatic heterocycles. The van der Waals surface area contributed by atoms with Crippen molar-refractivity contribution in [2.45, 2.75) is 57.1 Å². The number of amides is 1. The number of hydrogen-bond donors (Lipinski definition) is 2. The summed E-state index contributed by atoms with van der Waals surface area (Å²) in [7, 11) is 0. The van der Waals surface area contributed by atoms with Crippen LogP contribution in [0.1, 0.15) is 64.8 Å². The first kappa shape index (κ1) is 16.0. The lowest BCUT2D eigenvalue weighted by molar-refractivity contribution is -0.0823. The van der Waals surface area contributed by atoms with Crippen LogP contribution in [0.4, 0.5) is 0 Å². The topological polar surface area (TPSA) is 75.6 Å². The molecule has 3 rings (SSSR count). The summed E-state index contributed by atoms with van der Waals surface area (Å²) < 4.78 is 5.99. The molecule has 5 heteroatoms. The van der Waals surface area contributed by atoms with Crippen molar-refractivity contribution in [3.63, 3.8) is 0 Å². The van der Waals surface area contributed by atoms with Crippen LogP contribution in [0.5, 0.6) is 0 Å². The Morgan fingerprint density at radius 2 is 2.04 bits per heavy atom. The third-order valence-electron chi connectivity index (χ3n) is 5.06. The Kier molecular flexibility index (Phi) is 4.39. The summed E-state index contributed by atoms with van der Waals surface area (Å²) in [5, 5.41) is 12.1. The largest absolute Gasteiger partial charge is 0.478 e. The fraction of sp³-hybridized carbons (Fsp3) is 0.556. The van der Waals surface area contributed by atoms with Crippen LogP contribution < -0.4 is 5.32 Å². The van der Waals surface area contributed by atoms with E-state index in [1.807, 2.05) is 0 Å². The van der Waals surface area contributed by atoms with E-state index in [0.717, 1.165) is 25.7 Å². The number of benzene rings is 1. The van der Waals surface area contributed by atoms with Gasteiger partial charge in [0, 0.05) is 18.2 Å². The molecule has 23 heavy (non-hydrogen) atoms. The maximum Gasteiger partial charge on any atom is 0.335 e. The molecule has 2 fully saturated rings. The van der Waals surface area contributed by atoms with Gasteiger partial charge in [-0.15, -0.1) is 0 Å². The number of aryl methyl sites for hydroxylation is 1. The number of aromatic carboxylic acids is 1. The number of hydrogen-bond acceptors (Lipinski definition) is 3. The second kappa shape index (κ2) is 6.32. The van der Waals surface area contributed by atoms with Gasteiger partial charge in [0.2, 0.25) is 0 Å². The van der Waals surface area contributed by atoms with Gasteiger partial charge >= 0.3 is 5.97 Å². The Hall–Kier alpha value is -1.88. The van der Waals surface area contributed by atoms with Crippen molar-refractivity contribution in [3.05, 3.63) is 34.9 Å². The fourth-order valence-electron chi connectivity index (χ4n) is 3.83. The number of carbonyl (C=O) groups excluding carboxylic acids is 1. The minimum Gasteiger partial charge on any atom is -0.478 e. The molecule has 1 saturated heterocycles. The van der Waals surface area contributed by atoms with E-state index in [1.165, 1.54) is 18.9 Å². The van der Waals surface area contributed by atoms with Gasteiger partial charge in [0.25, 0.3) is 5.91 Å². The van der Waals surface area contributed by atoms with Crippen LogP contribution in [-0.4, -0.2) is 35.2 Å². The highest BCUT2D eigenvalue weighted by atomic mass is 16.5. The summed E-state index contributed by atoms with van der Waals surface area (Å²) in [4.78, 5) is 23.5. The lowest BCUT2D eigenvalue weighted by Gasteiger charge is -2.38. The van der Waals surface area contributed by atoms with E-state index in [4.69, 9.17) is 9.84 Å². The van der Waals surface area contributed by atoms with E-state index in [-0.39, 0.29) is 23.1 Å². The van der Waals surface area contributed by atoms with Gasteiger partial charge in [-0.3, -0.25) is 4.79 Å². The highest BCUT2D eigenvalue weighted by Gasteiger charge is 2.40. The molecule has 0 radical (unpaired) electrons. The number of carbonyl (C=O) groups is 2. The maximum atomic E-state index is 12.5. The molecule has 1 heterocycles. The molecule has 1 unspecified atom stereocenters. The molecule has 5 nitrogen and oxygen atoms in total. The van der Waals surface area contributed by atoms with E-state index >= 15 is 0 Å². The molecule has 1 atom stereocenters. The van der Waals surface area contributed by atoms with Crippen molar-refractivity contribution in [2.75, 3.05) is 6.61 Å². The van der Waals surface area contributed by atoms with Gasteiger partial charge < -0.3 is 15.2 Å². The third kappa shape index (κ3) is 3.39. The summed E-state index contributed by atoms with van der Waals surface area (Å²) in [6, 6.07) is 4.75. The number of carboxylic acids is 1. The van der Waals surface area contributed by atoms with Crippen LogP contribution in [0.3, 0.4) is 0 Å². The Balaban J connectivity index is 1.68. The Bertz CT molecular complexity index is 619. The molecular formula is C18H23NO4. The van der Waals surface area contributed by atoms with Crippen LogP contribution in [-0.2, 0) is 4.74 Å². The molecule has 1 aromatic carbocycles. The van der Waals surface area contributed by atoms with Gasteiger partial charge in [-0.05, 0) is 56.4 Å². The van der Waals surface area contributed by atoms with Gasteiger partial charge in [-0.25, -0.2) is 4.79 Å². The standard InChI is InChI=1S/C18H23NO4/c1-12-10-13(17(21)22)4-5-15(12)16(20)19-14-6-9-23-18(11-14)7-2-3-8-18/h4-5,10,14H,2-3,6-9,11H2,1H3,(H,19,20)(H,21,22). The fourth-order valence-corrected chi connectivity index (χ4v) is 3.83. The van der Waals surface area contributed by atoms with Crippen molar-refractivity contribution in [2.24, 2.45) is 0 Å². The highest BCUT2D eigenvalue weighted by molar-refractivity contribution is 5.97. The Morgan fingerprint density at radius 3 is 2.70 bits per heavy atom. The normalized spacial score (nSPS) is 22.9. The number of ether oxygens (including phenoxy) is 1. The van der Waals surface area contributed by atoms with Crippen LogP contribution >= 0.6 is 0 Å². The van der Waals surface area contributed by atoms with Crippen molar-refractivity contribution in [3.8, 4) is 0 Å². The predicted octanol–water partition coefficient (Wildman–Crippen LogP) is 2.91. The van der Waals surface area contributed by atoms with Crippen LogP contribution in [0, 0.1) is 6.92 Å². The molecular weight excluding hydrogens is 294 g/mol.